The van der Waals surface area contributed by atoms with Crippen LogP contribution in [0.1, 0.15) is 93.9 Å². The first-order valence-corrected chi connectivity index (χ1v) is 20.9. The van der Waals surface area contributed by atoms with Crippen LogP contribution in [0.5, 0.6) is 17.2 Å². The molecule has 1 N–H and O–H groups in total. The van der Waals surface area contributed by atoms with Crippen LogP contribution in [-0.4, -0.2) is 65.1 Å². The molecule has 60 heavy (non-hydrogen) atoms. The lowest BCUT2D eigenvalue weighted by Crippen LogP contribution is -2.56. The van der Waals surface area contributed by atoms with E-state index in [9.17, 15) is 14.4 Å². The van der Waals surface area contributed by atoms with E-state index in [-0.39, 0.29) is 31.2 Å². The maximum atomic E-state index is 14.4. The van der Waals surface area contributed by atoms with E-state index in [1.807, 2.05) is 80.6 Å². The minimum atomic E-state index is -1.01. The van der Waals surface area contributed by atoms with Crippen LogP contribution in [0, 0.1) is 33.6 Å². The number of fused-ring (bicyclic) bond motifs is 2. The first kappa shape index (κ1) is 40.6. The first-order chi connectivity index (χ1) is 29.0. The fourth-order valence-electron chi connectivity index (χ4n) is 8.61. The van der Waals surface area contributed by atoms with Crippen LogP contribution >= 0.6 is 0 Å². The highest BCUT2D eigenvalue weighted by Gasteiger charge is 2.40. The molecule has 2 aliphatic heterocycles. The molecule has 2 amide bonds. The lowest BCUT2D eigenvalue weighted by molar-refractivity contribution is -0.145. The number of nitrogens with one attached hydrogen (secondary N) is 1. The Labute approximate surface area is 350 Å². The largest absolute Gasteiger partial charge is 0.493 e. The molecule has 312 valence electrons. The summed E-state index contributed by atoms with van der Waals surface area (Å²) < 4.78 is 29.9. The van der Waals surface area contributed by atoms with E-state index in [0.717, 1.165) is 50.4 Å². The number of hydrogen-bond donors (Lipinski definition) is 1. The number of oxazole rings is 1. The van der Waals surface area contributed by atoms with Crippen molar-refractivity contribution in [1.82, 2.24) is 20.2 Å². The van der Waals surface area contributed by atoms with Crippen molar-refractivity contribution in [3.05, 3.63) is 124 Å². The standard InChI is InChI=1S/C48H52N4O8/c1-28-29(2)49-19-18-39(28)34-16-14-32(15-17-34)20-40(48(55)56-5)51-46(53)41-22-36-23-42-43(24-37(36)25-52(41)47(54)45-30(3)59-31(4)50-45)60-44(27-58-42)35-12-9-13-38(21-35)57-26-33-10-7-6-8-11-33/h9,12-19,21,23-24,33,40-41,44H,6-8,10-11,20,22,25-27H2,1-5H3,(H,51,53)/t40-,41-,44+/m0/s1. The number of amides is 2. The highest BCUT2D eigenvalue weighted by atomic mass is 16.6. The summed E-state index contributed by atoms with van der Waals surface area (Å²) in [5, 5.41) is 2.93. The van der Waals surface area contributed by atoms with Gasteiger partial charge in [-0.2, -0.15) is 0 Å². The normalized spacial score (nSPS) is 18.0. The van der Waals surface area contributed by atoms with Gasteiger partial charge in [-0.25, -0.2) is 9.78 Å². The van der Waals surface area contributed by atoms with Gasteiger partial charge in [0.05, 0.1) is 13.7 Å². The van der Waals surface area contributed by atoms with Crippen molar-refractivity contribution in [2.45, 2.75) is 97.4 Å². The smallest absolute Gasteiger partial charge is 0.328 e. The maximum absolute atomic E-state index is 14.4. The lowest BCUT2D eigenvalue weighted by Gasteiger charge is -2.37. The summed E-state index contributed by atoms with van der Waals surface area (Å²) in [5.74, 6) is 1.66. The number of methoxy groups -OCH3 is 1. The molecule has 1 fully saturated rings. The minimum absolute atomic E-state index is 0.0850. The summed E-state index contributed by atoms with van der Waals surface area (Å²) in [6.45, 7) is 8.45. The second-order valence-corrected chi connectivity index (χ2v) is 16.2. The van der Waals surface area contributed by atoms with Crippen molar-refractivity contribution in [3.8, 4) is 28.4 Å². The van der Waals surface area contributed by atoms with Crippen molar-refractivity contribution in [1.29, 1.82) is 0 Å². The van der Waals surface area contributed by atoms with Crippen molar-refractivity contribution in [2.75, 3.05) is 20.3 Å². The average molecular weight is 813 g/mol. The van der Waals surface area contributed by atoms with Gasteiger partial charge in [0.1, 0.15) is 30.2 Å². The van der Waals surface area contributed by atoms with Gasteiger partial charge in [0.25, 0.3) is 5.91 Å². The molecule has 0 saturated heterocycles. The SMILES string of the molecule is COC(=O)[C@H](Cc1ccc(-c2ccnc(C)c2C)cc1)NC(=O)[C@@H]1Cc2cc3c(cc2CN1C(=O)c1nc(C)oc1C)O[C@@H](c1cccc(OCC2CCCCC2)c1)CO3. The predicted molar refractivity (Wildman–Crippen MR) is 224 cm³/mol. The number of carbonyl (C=O) groups excluding carboxylic acids is 3. The van der Waals surface area contributed by atoms with Gasteiger partial charge in [-0.05, 0) is 109 Å². The number of carbonyl (C=O) groups is 3. The van der Waals surface area contributed by atoms with Gasteiger partial charge in [-0.3, -0.25) is 14.6 Å². The molecule has 8 rings (SSSR count). The van der Waals surface area contributed by atoms with Gasteiger partial charge >= 0.3 is 5.97 Å². The Bertz CT molecular complexity index is 2380. The molecule has 3 aromatic carbocycles. The number of rotatable bonds is 11. The number of aryl methyl sites for hydroxylation is 3. The maximum Gasteiger partial charge on any atom is 0.328 e. The van der Waals surface area contributed by atoms with Crippen molar-refractivity contribution in [2.24, 2.45) is 5.92 Å². The van der Waals surface area contributed by atoms with Gasteiger partial charge in [0.2, 0.25) is 5.91 Å². The third-order valence-electron chi connectivity index (χ3n) is 12.1. The monoisotopic (exact) mass is 812 g/mol. The fourth-order valence-corrected chi connectivity index (χ4v) is 8.61. The topological polar surface area (TPSA) is 142 Å². The van der Waals surface area contributed by atoms with E-state index in [1.165, 1.54) is 44.1 Å². The van der Waals surface area contributed by atoms with Gasteiger partial charge in [-0.1, -0.05) is 55.7 Å². The molecule has 12 nitrogen and oxygen atoms in total. The quantitative estimate of drug-likeness (QED) is 0.131. The second kappa shape index (κ2) is 17.6. The van der Waals surface area contributed by atoms with Crippen LogP contribution in [0.15, 0.2) is 77.3 Å². The van der Waals surface area contributed by atoms with Crippen LogP contribution in [0.25, 0.3) is 11.1 Å². The van der Waals surface area contributed by atoms with Gasteiger partial charge in [0.15, 0.2) is 29.2 Å². The number of ether oxygens (including phenoxy) is 4. The highest BCUT2D eigenvalue weighted by Crippen LogP contribution is 2.41. The second-order valence-electron chi connectivity index (χ2n) is 16.2. The molecule has 1 saturated carbocycles. The Morgan fingerprint density at radius 1 is 0.933 bits per heavy atom. The van der Waals surface area contributed by atoms with Crippen LogP contribution in [0.3, 0.4) is 0 Å². The van der Waals surface area contributed by atoms with Crippen molar-refractivity contribution < 1.29 is 37.7 Å². The lowest BCUT2D eigenvalue weighted by atomic mass is 9.90. The zero-order valence-electron chi connectivity index (χ0n) is 34.9. The first-order valence-electron chi connectivity index (χ1n) is 20.9. The Hall–Kier alpha value is -6.17. The summed E-state index contributed by atoms with van der Waals surface area (Å²) in [5.41, 5.74) is 7.68. The molecule has 3 aliphatic rings. The van der Waals surface area contributed by atoms with E-state index < -0.39 is 29.9 Å². The molecule has 2 aromatic heterocycles. The summed E-state index contributed by atoms with van der Waals surface area (Å²) in [7, 11) is 1.29. The number of pyridine rings is 1. The van der Waals surface area contributed by atoms with Crippen molar-refractivity contribution >= 4 is 17.8 Å². The summed E-state index contributed by atoms with van der Waals surface area (Å²) in [6.07, 6.45) is 8.03. The van der Waals surface area contributed by atoms with Gasteiger partial charge in [0, 0.05) is 38.2 Å². The molecular weight excluding hydrogens is 761 g/mol. The molecule has 0 spiro atoms. The van der Waals surface area contributed by atoms with E-state index >= 15 is 0 Å². The molecular formula is C48H52N4O8. The molecule has 1 aliphatic carbocycles. The number of benzene rings is 3. The molecule has 5 aromatic rings. The van der Waals surface area contributed by atoms with Gasteiger partial charge < -0.3 is 33.6 Å². The molecule has 4 heterocycles. The summed E-state index contributed by atoms with van der Waals surface area (Å²) >= 11 is 0. The molecule has 12 heteroatoms. The zero-order chi connectivity index (χ0) is 41.9. The Morgan fingerprint density at radius 2 is 1.72 bits per heavy atom. The van der Waals surface area contributed by atoms with E-state index in [0.29, 0.717) is 42.3 Å². The Balaban J connectivity index is 1.02. The highest BCUT2D eigenvalue weighted by molar-refractivity contribution is 5.98. The third-order valence-corrected chi connectivity index (χ3v) is 12.1. The molecule has 0 bridgehead atoms. The van der Waals surface area contributed by atoms with E-state index in [1.54, 1.807) is 20.0 Å². The van der Waals surface area contributed by atoms with Crippen molar-refractivity contribution in [3.63, 3.8) is 0 Å². The molecule has 0 unspecified atom stereocenters. The van der Waals surface area contributed by atoms with Gasteiger partial charge in [-0.15, -0.1) is 0 Å². The number of esters is 1. The molecule has 3 atom stereocenters. The minimum Gasteiger partial charge on any atom is -0.493 e. The van der Waals surface area contributed by atoms with E-state index in [2.05, 4.69) is 15.3 Å². The Morgan fingerprint density at radius 3 is 2.47 bits per heavy atom. The molecule has 0 radical (unpaired) electrons. The number of hydrogen-bond acceptors (Lipinski definition) is 10. The average Bonchev–Trinajstić information content (AvgIpc) is 3.62. The number of nitrogens with zero attached hydrogens (tertiary/aromatic N) is 3. The fraction of sp³-hybridized carbons (Fsp3) is 0.396. The van der Waals surface area contributed by atoms with Crippen LogP contribution in [-0.2, 0) is 33.7 Å². The van der Waals surface area contributed by atoms with Crippen LogP contribution in [0.2, 0.25) is 0 Å². The zero-order valence-corrected chi connectivity index (χ0v) is 34.9. The predicted octanol–water partition coefficient (Wildman–Crippen LogP) is 7.91. The summed E-state index contributed by atoms with van der Waals surface area (Å²) in [4.78, 5) is 52.1. The Kier molecular flexibility index (Phi) is 11.9. The van der Waals surface area contributed by atoms with E-state index in [4.69, 9.17) is 23.4 Å². The number of aromatic nitrogens is 2. The van der Waals surface area contributed by atoms with Crippen LogP contribution in [0.4, 0.5) is 0 Å². The van der Waals surface area contributed by atoms with Crippen LogP contribution < -0.4 is 19.5 Å². The summed E-state index contributed by atoms with van der Waals surface area (Å²) in [6, 6.07) is 19.6. The third kappa shape index (κ3) is 8.73.